The SMILES string of the molecule is C[C@@H]1CN(Cc2cc(C3CC3)c3occ(-c4cc(-c5ccc(C#N)cc5-c5nncn5C)cc(C5CC5)n4)c(=O)c3c2)CCO1. The Morgan fingerprint density at radius 1 is 1.02 bits per heavy atom. The Bertz CT molecular complexity index is 2050. The first-order valence-electron chi connectivity index (χ1n) is 15.8. The van der Waals surface area contributed by atoms with Crippen LogP contribution in [0.5, 0.6) is 0 Å². The molecule has 0 N–H and O–H groups in total. The fourth-order valence-electron chi connectivity index (χ4n) is 6.60. The van der Waals surface area contributed by atoms with Crippen molar-refractivity contribution in [1.29, 1.82) is 5.26 Å². The highest BCUT2D eigenvalue weighted by atomic mass is 16.5. The molecule has 1 atom stereocenters. The smallest absolute Gasteiger partial charge is 0.202 e. The zero-order chi connectivity index (χ0) is 30.7. The van der Waals surface area contributed by atoms with E-state index in [0.717, 1.165) is 85.4 Å². The van der Waals surface area contributed by atoms with E-state index in [4.69, 9.17) is 14.1 Å². The molecule has 1 aliphatic heterocycles. The molecule has 45 heavy (non-hydrogen) atoms. The van der Waals surface area contributed by atoms with Gasteiger partial charge in [-0.25, -0.2) is 0 Å². The Morgan fingerprint density at radius 3 is 2.60 bits per heavy atom. The van der Waals surface area contributed by atoms with Crippen LogP contribution in [-0.2, 0) is 18.3 Å². The molecule has 2 saturated carbocycles. The topological polar surface area (TPSA) is 110 Å². The summed E-state index contributed by atoms with van der Waals surface area (Å²) in [6.45, 7) is 5.35. The summed E-state index contributed by atoms with van der Waals surface area (Å²) in [5.41, 5.74) is 8.08. The molecule has 3 aliphatic rings. The van der Waals surface area contributed by atoms with Crippen molar-refractivity contribution in [3.8, 4) is 39.8 Å². The van der Waals surface area contributed by atoms with Gasteiger partial charge in [0, 0.05) is 43.9 Å². The standard InChI is InChI=1S/C36H34N6O3/c1-21-17-42(9-10-44-21)18-23-12-28(24-4-5-24)35-30(13-23)34(43)31(19-45-35)33-15-26(14-32(39-33)25-6-7-25)27-8-3-22(16-37)11-29(27)36-40-38-20-41(36)2/h3,8,11-15,19-21,24-25H,4-7,9-10,17-18H2,1-2H3/t21-/m1/s1. The van der Waals surface area contributed by atoms with Gasteiger partial charge in [0.1, 0.15) is 18.2 Å². The first-order chi connectivity index (χ1) is 21.9. The summed E-state index contributed by atoms with van der Waals surface area (Å²) in [5, 5.41) is 18.7. The Balaban J connectivity index is 1.26. The van der Waals surface area contributed by atoms with Gasteiger partial charge in [-0.2, -0.15) is 5.26 Å². The lowest BCUT2D eigenvalue weighted by molar-refractivity contribution is -0.0212. The van der Waals surface area contributed by atoms with E-state index in [1.54, 1.807) is 12.6 Å². The molecule has 0 unspecified atom stereocenters. The monoisotopic (exact) mass is 598 g/mol. The summed E-state index contributed by atoms with van der Waals surface area (Å²) < 4.78 is 13.9. The molecule has 2 aromatic carbocycles. The highest BCUT2D eigenvalue weighted by Crippen LogP contribution is 2.45. The lowest BCUT2D eigenvalue weighted by atomic mass is 9.95. The quantitative estimate of drug-likeness (QED) is 0.219. The van der Waals surface area contributed by atoms with Crippen LogP contribution in [0.25, 0.3) is 44.7 Å². The fraction of sp³-hybridized carbons (Fsp3) is 0.361. The molecular formula is C36H34N6O3. The maximum atomic E-state index is 14.4. The van der Waals surface area contributed by atoms with E-state index in [1.807, 2.05) is 41.9 Å². The summed E-state index contributed by atoms with van der Waals surface area (Å²) in [6, 6.07) is 16.2. The number of aryl methyl sites for hydroxylation is 1. The van der Waals surface area contributed by atoms with Gasteiger partial charge in [0.15, 0.2) is 5.82 Å². The van der Waals surface area contributed by atoms with Crippen molar-refractivity contribution in [3.63, 3.8) is 0 Å². The van der Waals surface area contributed by atoms with Crippen LogP contribution in [0.1, 0.15) is 66.8 Å². The highest BCUT2D eigenvalue weighted by molar-refractivity contribution is 5.87. The van der Waals surface area contributed by atoms with Crippen molar-refractivity contribution in [2.75, 3.05) is 19.7 Å². The normalized spacial score (nSPS) is 18.7. The van der Waals surface area contributed by atoms with Gasteiger partial charge >= 0.3 is 0 Å². The molecule has 3 aromatic heterocycles. The van der Waals surface area contributed by atoms with Gasteiger partial charge in [0.2, 0.25) is 5.43 Å². The molecule has 2 aliphatic carbocycles. The van der Waals surface area contributed by atoms with E-state index < -0.39 is 0 Å². The van der Waals surface area contributed by atoms with Crippen LogP contribution in [0.4, 0.5) is 0 Å². The number of hydrogen-bond donors (Lipinski definition) is 0. The lowest BCUT2D eigenvalue weighted by Crippen LogP contribution is -2.40. The lowest BCUT2D eigenvalue weighted by Gasteiger charge is -2.31. The number of morpholine rings is 1. The minimum atomic E-state index is -0.0601. The second kappa shape index (κ2) is 11.1. The molecule has 1 saturated heterocycles. The molecule has 4 heterocycles. The van der Waals surface area contributed by atoms with Gasteiger partial charge in [-0.05, 0) is 91.1 Å². The zero-order valence-electron chi connectivity index (χ0n) is 25.5. The highest BCUT2D eigenvalue weighted by Gasteiger charge is 2.30. The third-order valence-corrected chi connectivity index (χ3v) is 9.24. The van der Waals surface area contributed by atoms with Gasteiger partial charge in [-0.1, -0.05) is 12.1 Å². The van der Waals surface area contributed by atoms with Crippen molar-refractivity contribution in [2.45, 2.75) is 57.1 Å². The summed E-state index contributed by atoms with van der Waals surface area (Å²) in [5.74, 6) is 1.45. The third-order valence-electron chi connectivity index (χ3n) is 9.24. The van der Waals surface area contributed by atoms with Crippen LogP contribution in [0.15, 0.2) is 64.3 Å². The average molecular weight is 599 g/mol. The minimum absolute atomic E-state index is 0.0601. The first-order valence-corrected chi connectivity index (χ1v) is 15.8. The first kappa shape index (κ1) is 27.9. The summed E-state index contributed by atoms with van der Waals surface area (Å²) in [6.07, 6.45) is 7.82. The molecule has 0 amide bonds. The summed E-state index contributed by atoms with van der Waals surface area (Å²) >= 11 is 0. The number of ether oxygens (including phenoxy) is 1. The van der Waals surface area contributed by atoms with Gasteiger partial charge in [0.05, 0.1) is 41.0 Å². The van der Waals surface area contributed by atoms with E-state index in [0.29, 0.717) is 45.5 Å². The number of rotatable bonds is 7. The fourth-order valence-corrected chi connectivity index (χ4v) is 6.60. The van der Waals surface area contributed by atoms with Crippen LogP contribution in [0.2, 0.25) is 0 Å². The van der Waals surface area contributed by atoms with E-state index in [9.17, 15) is 10.1 Å². The van der Waals surface area contributed by atoms with Crippen molar-refractivity contribution >= 4 is 11.0 Å². The van der Waals surface area contributed by atoms with Gasteiger partial charge < -0.3 is 13.7 Å². The average Bonchev–Trinajstić information content (AvgIpc) is 3.99. The second-order valence-electron chi connectivity index (χ2n) is 12.8. The van der Waals surface area contributed by atoms with E-state index >= 15 is 0 Å². The molecule has 9 nitrogen and oxygen atoms in total. The zero-order valence-corrected chi connectivity index (χ0v) is 25.5. The maximum absolute atomic E-state index is 14.4. The molecular weight excluding hydrogens is 564 g/mol. The summed E-state index contributed by atoms with van der Waals surface area (Å²) in [4.78, 5) is 21.8. The van der Waals surface area contributed by atoms with Crippen LogP contribution >= 0.6 is 0 Å². The third kappa shape index (κ3) is 5.34. The molecule has 9 heteroatoms. The van der Waals surface area contributed by atoms with E-state index in [2.05, 4.69) is 40.2 Å². The van der Waals surface area contributed by atoms with Crippen molar-refractivity contribution in [1.82, 2.24) is 24.6 Å². The Kier molecular flexibility index (Phi) is 6.85. The van der Waals surface area contributed by atoms with Crippen molar-refractivity contribution < 1.29 is 9.15 Å². The number of aromatic nitrogens is 4. The predicted octanol–water partition coefficient (Wildman–Crippen LogP) is 6.16. The van der Waals surface area contributed by atoms with E-state index in [-0.39, 0.29) is 11.5 Å². The number of nitrogens with zero attached hydrogens (tertiary/aromatic N) is 6. The summed E-state index contributed by atoms with van der Waals surface area (Å²) in [7, 11) is 1.88. The van der Waals surface area contributed by atoms with Crippen LogP contribution in [0.3, 0.4) is 0 Å². The minimum Gasteiger partial charge on any atom is -0.463 e. The van der Waals surface area contributed by atoms with Gasteiger partial charge in [-0.15, -0.1) is 10.2 Å². The van der Waals surface area contributed by atoms with Gasteiger partial charge in [-0.3, -0.25) is 14.7 Å². The largest absolute Gasteiger partial charge is 0.463 e. The van der Waals surface area contributed by atoms with Crippen LogP contribution in [-0.4, -0.2) is 50.4 Å². The van der Waals surface area contributed by atoms with E-state index in [1.165, 1.54) is 0 Å². The van der Waals surface area contributed by atoms with Gasteiger partial charge in [0.25, 0.3) is 0 Å². The predicted molar refractivity (Wildman–Crippen MR) is 171 cm³/mol. The van der Waals surface area contributed by atoms with Crippen LogP contribution < -0.4 is 5.43 Å². The molecule has 0 radical (unpaired) electrons. The molecule has 0 spiro atoms. The second-order valence-corrected chi connectivity index (χ2v) is 12.8. The number of benzene rings is 2. The number of hydrogen-bond acceptors (Lipinski definition) is 8. The number of fused-ring (bicyclic) bond motifs is 1. The Morgan fingerprint density at radius 2 is 1.87 bits per heavy atom. The molecule has 5 aromatic rings. The molecule has 226 valence electrons. The molecule has 8 rings (SSSR count). The molecule has 3 fully saturated rings. The number of nitriles is 1. The van der Waals surface area contributed by atoms with Crippen molar-refractivity contribution in [2.24, 2.45) is 7.05 Å². The Hall–Kier alpha value is -4.65. The Labute approximate surface area is 261 Å². The number of pyridine rings is 1. The molecule has 0 bridgehead atoms. The maximum Gasteiger partial charge on any atom is 0.202 e. The van der Waals surface area contributed by atoms with Crippen molar-refractivity contribution in [3.05, 3.63) is 87.7 Å². The van der Waals surface area contributed by atoms with Crippen LogP contribution in [0, 0.1) is 11.3 Å².